The fourth-order valence-electron chi connectivity index (χ4n) is 2.51. The van der Waals surface area contributed by atoms with Crippen molar-refractivity contribution >= 4 is 11.9 Å². The molecule has 0 aliphatic heterocycles. The minimum absolute atomic E-state index is 0.0707. The Morgan fingerprint density at radius 1 is 1.07 bits per heavy atom. The zero-order chi connectivity index (χ0) is 19.2. The minimum Gasteiger partial charge on any atom is -0.484 e. The summed E-state index contributed by atoms with van der Waals surface area (Å²) in [6.45, 7) is 6.18. The topological polar surface area (TPSA) is 77.2 Å². The second kappa shape index (κ2) is 8.49. The first-order valence-corrected chi connectivity index (χ1v) is 8.90. The molecule has 6 nitrogen and oxygen atoms in total. The molecule has 27 heavy (non-hydrogen) atoms. The molecule has 0 bridgehead atoms. The van der Waals surface area contributed by atoms with Crippen LogP contribution in [0.25, 0.3) is 0 Å². The van der Waals surface area contributed by atoms with E-state index >= 15 is 0 Å². The van der Waals surface area contributed by atoms with E-state index in [4.69, 9.17) is 9.15 Å². The Balaban J connectivity index is 1.51. The van der Waals surface area contributed by atoms with Gasteiger partial charge in [0.25, 0.3) is 5.91 Å². The predicted octanol–water partition coefficient (Wildman–Crippen LogP) is 4.11. The summed E-state index contributed by atoms with van der Waals surface area (Å²) in [4.78, 5) is 12.0. The van der Waals surface area contributed by atoms with Crippen LogP contribution in [0.5, 0.6) is 5.75 Å². The Kier molecular flexibility index (Phi) is 5.86. The average molecular weight is 365 g/mol. The van der Waals surface area contributed by atoms with Crippen molar-refractivity contribution in [2.75, 3.05) is 11.9 Å². The van der Waals surface area contributed by atoms with E-state index in [-0.39, 0.29) is 18.5 Å². The van der Waals surface area contributed by atoms with Gasteiger partial charge in [-0.25, -0.2) is 0 Å². The maximum absolute atomic E-state index is 12.0. The molecule has 0 aliphatic carbocycles. The fourth-order valence-corrected chi connectivity index (χ4v) is 2.51. The number of hydrogen-bond donors (Lipinski definition) is 1. The van der Waals surface area contributed by atoms with Gasteiger partial charge in [-0.1, -0.05) is 60.9 Å². The first-order valence-electron chi connectivity index (χ1n) is 8.90. The van der Waals surface area contributed by atoms with Gasteiger partial charge in [0.2, 0.25) is 5.89 Å². The Morgan fingerprint density at radius 3 is 2.44 bits per heavy atom. The molecule has 2 aromatic carbocycles. The van der Waals surface area contributed by atoms with Crippen LogP contribution in [-0.2, 0) is 11.2 Å². The largest absolute Gasteiger partial charge is 0.484 e. The Hall–Kier alpha value is -3.15. The van der Waals surface area contributed by atoms with Crippen LogP contribution in [0.2, 0.25) is 0 Å². The van der Waals surface area contributed by atoms with Crippen molar-refractivity contribution in [3.8, 4) is 5.75 Å². The molecule has 0 radical (unpaired) electrons. The molecule has 0 saturated carbocycles. The van der Waals surface area contributed by atoms with Crippen molar-refractivity contribution in [3.05, 3.63) is 71.1 Å². The third kappa shape index (κ3) is 5.41. The highest BCUT2D eigenvalue weighted by molar-refractivity contribution is 5.89. The fraction of sp³-hybridized carbons (Fsp3) is 0.286. The monoisotopic (exact) mass is 365 g/mol. The summed E-state index contributed by atoms with van der Waals surface area (Å²) >= 11 is 0. The third-order valence-corrected chi connectivity index (χ3v) is 4.11. The van der Waals surface area contributed by atoms with E-state index in [0.717, 1.165) is 11.1 Å². The van der Waals surface area contributed by atoms with Gasteiger partial charge in [-0.05, 0) is 36.1 Å². The van der Waals surface area contributed by atoms with Crippen LogP contribution in [0.15, 0.2) is 52.9 Å². The maximum Gasteiger partial charge on any atom is 0.322 e. The number of ether oxygens (including phenoxy) is 1. The van der Waals surface area contributed by atoms with Crippen LogP contribution in [-0.4, -0.2) is 22.7 Å². The molecular formula is C21H23N3O3. The molecule has 3 aromatic rings. The number of benzene rings is 2. The maximum atomic E-state index is 12.0. The van der Waals surface area contributed by atoms with E-state index in [1.54, 1.807) is 0 Å². The molecule has 140 valence electrons. The van der Waals surface area contributed by atoms with E-state index in [0.29, 0.717) is 24.0 Å². The van der Waals surface area contributed by atoms with Crippen molar-refractivity contribution in [2.24, 2.45) is 0 Å². The molecule has 1 aromatic heterocycles. The Bertz CT molecular complexity index is 884. The van der Waals surface area contributed by atoms with Crippen molar-refractivity contribution in [3.63, 3.8) is 0 Å². The summed E-state index contributed by atoms with van der Waals surface area (Å²) < 4.78 is 10.9. The van der Waals surface area contributed by atoms with Gasteiger partial charge in [-0.15, -0.1) is 5.10 Å². The highest BCUT2D eigenvalue weighted by Crippen LogP contribution is 2.17. The number of aromatic nitrogens is 2. The van der Waals surface area contributed by atoms with Gasteiger partial charge in [-0.3, -0.25) is 10.1 Å². The van der Waals surface area contributed by atoms with Gasteiger partial charge >= 0.3 is 6.01 Å². The van der Waals surface area contributed by atoms with Crippen LogP contribution in [0.3, 0.4) is 0 Å². The Labute approximate surface area is 158 Å². The molecule has 1 amide bonds. The normalized spacial score (nSPS) is 10.8. The lowest BCUT2D eigenvalue weighted by Gasteiger charge is -2.06. The number of nitrogens with one attached hydrogen (secondary N) is 1. The number of anilines is 1. The summed E-state index contributed by atoms with van der Waals surface area (Å²) in [6, 6.07) is 15.8. The smallest absolute Gasteiger partial charge is 0.322 e. The number of amides is 1. The van der Waals surface area contributed by atoms with Crippen LogP contribution in [0, 0.1) is 6.92 Å². The van der Waals surface area contributed by atoms with Crippen LogP contribution in [0.4, 0.5) is 6.01 Å². The first-order chi connectivity index (χ1) is 13.0. The molecule has 1 N–H and O–H groups in total. The van der Waals surface area contributed by atoms with Crippen LogP contribution < -0.4 is 10.1 Å². The predicted molar refractivity (Wildman–Crippen MR) is 103 cm³/mol. The lowest BCUT2D eigenvalue weighted by atomic mass is 10.0. The van der Waals surface area contributed by atoms with Crippen molar-refractivity contribution in [1.82, 2.24) is 10.2 Å². The first kappa shape index (κ1) is 18.6. The van der Waals surface area contributed by atoms with Gasteiger partial charge in [0.15, 0.2) is 6.61 Å². The highest BCUT2D eigenvalue weighted by atomic mass is 16.5. The minimum atomic E-state index is -0.355. The van der Waals surface area contributed by atoms with Crippen molar-refractivity contribution in [1.29, 1.82) is 0 Å². The summed E-state index contributed by atoms with van der Waals surface area (Å²) in [6.07, 6.45) is 0.515. The number of carbonyl (C=O) groups is 1. The van der Waals surface area contributed by atoms with Crippen LogP contribution >= 0.6 is 0 Å². The molecule has 0 atom stereocenters. The van der Waals surface area contributed by atoms with Gasteiger partial charge < -0.3 is 9.15 Å². The van der Waals surface area contributed by atoms with Crippen LogP contribution in [0.1, 0.15) is 42.3 Å². The van der Waals surface area contributed by atoms with E-state index in [1.807, 2.05) is 43.3 Å². The number of aryl methyl sites for hydroxylation is 1. The molecule has 0 aliphatic rings. The Morgan fingerprint density at radius 2 is 1.78 bits per heavy atom. The molecule has 1 heterocycles. The summed E-state index contributed by atoms with van der Waals surface area (Å²) in [5.74, 6) is 1.22. The SMILES string of the molecule is Cc1ccc(OCC(=O)Nc2nnc(Cc3ccc(C(C)C)cc3)o2)cc1. The third-order valence-electron chi connectivity index (χ3n) is 4.11. The summed E-state index contributed by atoms with van der Waals surface area (Å²) in [5.41, 5.74) is 3.48. The molecule has 3 rings (SSSR count). The van der Waals surface area contributed by atoms with Gasteiger partial charge in [0.1, 0.15) is 5.75 Å². The van der Waals surface area contributed by atoms with E-state index in [9.17, 15) is 4.79 Å². The lowest BCUT2D eigenvalue weighted by Crippen LogP contribution is -2.20. The second-order valence-corrected chi connectivity index (χ2v) is 6.72. The molecule has 0 unspecified atom stereocenters. The van der Waals surface area contributed by atoms with E-state index < -0.39 is 0 Å². The van der Waals surface area contributed by atoms with E-state index in [2.05, 4.69) is 41.5 Å². The zero-order valence-corrected chi connectivity index (χ0v) is 15.7. The van der Waals surface area contributed by atoms with Gasteiger partial charge in [0, 0.05) is 0 Å². The number of carbonyl (C=O) groups excluding carboxylic acids is 1. The zero-order valence-electron chi connectivity index (χ0n) is 15.7. The standard InChI is InChI=1S/C21H23N3O3/c1-14(2)17-8-6-16(7-9-17)12-20-23-24-21(27-20)22-19(25)13-26-18-10-4-15(3)5-11-18/h4-11,14H,12-13H2,1-3H3,(H,22,24,25). The average Bonchev–Trinajstić information content (AvgIpc) is 3.08. The number of rotatable bonds is 7. The lowest BCUT2D eigenvalue weighted by molar-refractivity contribution is -0.118. The molecule has 0 fully saturated rings. The summed E-state index contributed by atoms with van der Waals surface area (Å²) in [5, 5.41) is 10.4. The van der Waals surface area contributed by atoms with Crippen molar-refractivity contribution in [2.45, 2.75) is 33.1 Å². The van der Waals surface area contributed by atoms with Gasteiger partial charge in [-0.2, -0.15) is 0 Å². The second-order valence-electron chi connectivity index (χ2n) is 6.72. The number of nitrogens with zero attached hydrogens (tertiary/aromatic N) is 2. The molecule has 0 spiro atoms. The van der Waals surface area contributed by atoms with Gasteiger partial charge in [0.05, 0.1) is 6.42 Å². The molecular weight excluding hydrogens is 342 g/mol. The molecule has 6 heteroatoms. The quantitative estimate of drug-likeness (QED) is 0.682. The summed E-state index contributed by atoms with van der Waals surface area (Å²) in [7, 11) is 0. The van der Waals surface area contributed by atoms with E-state index in [1.165, 1.54) is 5.56 Å². The van der Waals surface area contributed by atoms with Crippen molar-refractivity contribution < 1.29 is 13.9 Å². The molecule has 0 saturated heterocycles. The highest BCUT2D eigenvalue weighted by Gasteiger charge is 2.11. The number of hydrogen-bond acceptors (Lipinski definition) is 5.